The molecule has 3 rings (SSSR count). The van der Waals surface area contributed by atoms with Gasteiger partial charge in [0.2, 0.25) is 5.91 Å². The number of likely N-dealkylation sites (tertiary alicyclic amines) is 1. The quantitative estimate of drug-likeness (QED) is 0.722. The number of furan rings is 1. The van der Waals surface area contributed by atoms with Gasteiger partial charge in [0.05, 0.1) is 0 Å². The van der Waals surface area contributed by atoms with Gasteiger partial charge in [-0.3, -0.25) is 9.59 Å². The summed E-state index contributed by atoms with van der Waals surface area (Å²) in [4.78, 5) is 27.0. The lowest BCUT2D eigenvalue weighted by Crippen LogP contribution is -2.42. The van der Waals surface area contributed by atoms with E-state index in [1.54, 1.807) is 0 Å². The van der Waals surface area contributed by atoms with Gasteiger partial charge in [-0.15, -0.1) is 0 Å². The Kier molecular flexibility index (Phi) is 7.12. The van der Waals surface area contributed by atoms with Crippen LogP contribution >= 0.6 is 0 Å². The molecule has 0 saturated carbocycles. The molecule has 152 valence electrons. The van der Waals surface area contributed by atoms with Crippen molar-refractivity contribution >= 4 is 22.8 Å². The molecule has 0 bridgehead atoms. The average molecular weight is 385 g/mol. The Morgan fingerprint density at radius 2 is 1.82 bits per heavy atom. The molecule has 2 amide bonds. The van der Waals surface area contributed by atoms with Gasteiger partial charge >= 0.3 is 0 Å². The van der Waals surface area contributed by atoms with Crippen LogP contribution in [0, 0.1) is 11.8 Å². The van der Waals surface area contributed by atoms with E-state index in [1.807, 2.05) is 35.2 Å². The lowest BCUT2D eigenvalue weighted by molar-refractivity contribution is -0.125. The van der Waals surface area contributed by atoms with E-state index in [4.69, 9.17) is 4.42 Å². The number of amides is 2. The number of fused-ring (bicyclic) bond motifs is 1. The third-order valence-electron chi connectivity index (χ3n) is 5.75. The summed E-state index contributed by atoms with van der Waals surface area (Å²) in [6, 6.07) is 9.51. The van der Waals surface area contributed by atoms with Gasteiger partial charge in [0.1, 0.15) is 5.58 Å². The fourth-order valence-electron chi connectivity index (χ4n) is 4.08. The summed E-state index contributed by atoms with van der Waals surface area (Å²) in [5, 5.41) is 4.11. The summed E-state index contributed by atoms with van der Waals surface area (Å²) in [6.07, 6.45) is 5.84. The van der Waals surface area contributed by atoms with Gasteiger partial charge in [-0.25, -0.2) is 0 Å². The zero-order valence-corrected chi connectivity index (χ0v) is 17.1. The summed E-state index contributed by atoms with van der Waals surface area (Å²) < 4.78 is 5.71. The van der Waals surface area contributed by atoms with Gasteiger partial charge in [-0.2, -0.15) is 0 Å². The Morgan fingerprint density at radius 3 is 2.46 bits per heavy atom. The fourth-order valence-corrected chi connectivity index (χ4v) is 4.08. The highest BCUT2D eigenvalue weighted by Crippen LogP contribution is 2.23. The van der Waals surface area contributed by atoms with Crippen molar-refractivity contribution < 1.29 is 14.0 Å². The smallest absolute Gasteiger partial charge is 0.289 e. The number of carbonyl (C=O) groups is 2. The third kappa shape index (κ3) is 4.94. The van der Waals surface area contributed by atoms with E-state index < -0.39 is 0 Å². The molecule has 0 atom stereocenters. The molecule has 1 N–H and O–H groups in total. The van der Waals surface area contributed by atoms with Crippen LogP contribution in [-0.4, -0.2) is 36.3 Å². The minimum Gasteiger partial charge on any atom is -0.451 e. The van der Waals surface area contributed by atoms with E-state index in [-0.39, 0.29) is 17.7 Å². The molecule has 28 heavy (non-hydrogen) atoms. The standard InChI is InChI=1S/C23H32N2O3/c1-3-7-18(8-4-2)22(26)24-16-17-11-13-25(14-12-17)23(27)21-15-19-9-5-6-10-20(19)28-21/h5-6,9-10,15,17-18H,3-4,7-8,11-14,16H2,1-2H3,(H,24,26). The Morgan fingerprint density at radius 1 is 1.14 bits per heavy atom. The van der Waals surface area contributed by atoms with Gasteiger partial charge < -0.3 is 14.6 Å². The van der Waals surface area contributed by atoms with Gasteiger partial charge in [-0.1, -0.05) is 44.9 Å². The molecule has 1 saturated heterocycles. The maximum atomic E-state index is 12.7. The van der Waals surface area contributed by atoms with Crippen LogP contribution in [0.5, 0.6) is 0 Å². The number of hydrogen-bond acceptors (Lipinski definition) is 3. The predicted molar refractivity (Wildman–Crippen MR) is 111 cm³/mol. The number of rotatable bonds is 8. The first-order valence-electron chi connectivity index (χ1n) is 10.7. The normalized spacial score (nSPS) is 15.3. The van der Waals surface area contributed by atoms with Gasteiger partial charge in [0.15, 0.2) is 5.76 Å². The molecule has 0 unspecified atom stereocenters. The summed E-state index contributed by atoms with van der Waals surface area (Å²) in [6.45, 7) is 6.40. The first kappa shape index (κ1) is 20.4. The van der Waals surface area contributed by atoms with Crippen LogP contribution in [0.3, 0.4) is 0 Å². The maximum absolute atomic E-state index is 12.7. The van der Waals surface area contributed by atoms with Crippen molar-refractivity contribution in [2.75, 3.05) is 19.6 Å². The van der Waals surface area contributed by atoms with E-state index in [2.05, 4.69) is 19.2 Å². The van der Waals surface area contributed by atoms with Crippen molar-refractivity contribution in [3.8, 4) is 0 Å². The highest BCUT2D eigenvalue weighted by Gasteiger charge is 2.26. The molecule has 1 aliphatic heterocycles. The number of benzene rings is 1. The molecular weight excluding hydrogens is 352 g/mol. The van der Waals surface area contributed by atoms with Crippen LogP contribution < -0.4 is 5.32 Å². The topological polar surface area (TPSA) is 62.6 Å². The highest BCUT2D eigenvalue weighted by molar-refractivity contribution is 5.96. The number of piperidine rings is 1. The maximum Gasteiger partial charge on any atom is 0.289 e. The number of carbonyl (C=O) groups excluding carboxylic acids is 2. The zero-order valence-electron chi connectivity index (χ0n) is 17.1. The molecule has 0 radical (unpaired) electrons. The predicted octanol–water partition coefficient (Wildman–Crippen LogP) is 4.62. The largest absolute Gasteiger partial charge is 0.451 e. The summed E-state index contributed by atoms with van der Waals surface area (Å²) in [7, 11) is 0. The molecular formula is C23H32N2O3. The SMILES string of the molecule is CCCC(CCC)C(=O)NCC1CCN(C(=O)c2cc3ccccc3o2)CC1. The summed E-state index contributed by atoms with van der Waals surface area (Å²) in [5.74, 6) is 1.15. The van der Waals surface area contributed by atoms with Crippen LogP contribution in [0.1, 0.15) is 62.9 Å². The van der Waals surface area contributed by atoms with E-state index in [1.165, 1.54) is 0 Å². The van der Waals surface area contributed by atoms with Crippen LogP contribution in [0.25, 0.3) is 11.0 Å². The summed E-state index contributed by atoms with van der Waals surface area (Å²) in [5.41, 5.74) is 0.747. The van der Waals surface area contributed by atoms with Crippen molar-refractivity contribution in [3.05, 3.63) is 36.1 Å². The molecule has 2 aromatic rings. The van der Waals surface area contributed by atoms with Crippen LogP contribution in [0.4, 0.5) is 0 Å². The lowest BCUT2D eigenvalue weighted by atomic mass is 9.94. The molecule has 5 heteroatoms. The van der Waals surface area contributed by atoms with Crippen LogP contribution in [0.15, 0.2) is 34.7 Å². The average Bonchev–Trinajstić information content (AvgIpc) is 3.16. The second-order valence-electron chi connectivity index (χ2n) is 7.90. The molecule has 1 fully saturated rings. The molecule has 1 aromatic carbocycles. The summed E-state index contributed by atoms with van der Waals surface area (Å²) >= 11 is 0. The van der Waals surface area contributed by atoms with Crippen molar-refractivity contribution in [2.45, 2.75) is 52.4 Å². The number of nitrogens with zero attached hydrogens (tertiary/aromatic N) is 1. The third-order valence-corrected chi connectivity index (χ3v) is 5.75. The number of para-hydroxylation sites is 1. The van der Waals surface area contributed by atoms with E-state index >= 15 is 0 Å². The first-order valence-corrected chi connectivity index (χ1v) is 10.7. The van der Waals surface area contributed by atoms with Crippen LogP contribution in [0.2, 0.25) is 0 Å². The highest BCUT2D eigenvalue weighted by atomic mass is 16.3. The second-order valence-corrected chi connectivity index (χ2v) is 7.90. The van der Waals surface area contributed by atoms with Gasteiger partial charge in [0, 0.05) is 30.9 Å². The fraction of sp³-hybridized carbons (Fsp3) is 0.565. The minimum absolute atomic E-state index is 0.0374. The monoisotopic (exact) mass is 384 g/mol. The zero-order chi connectivity index (χ0) is 19.9. The Bertz CT molecular complexity index is 751. The number of nitrogens with one attached hydrogen (secondary N) is 1. The first-order chi connectivity index (χ1) is 13.6. The van der Waals surface area contributed by atoms with E-state index in [0.29, 0.717) is 24.8 Å². The lowest BCUT2D eigenvalue weighted by Gasteiger charge is -2.31. The van der Waals surface area contributed by atoms with E-state index in [9.17, 15) is 9.59 Å². The van der Waals surface area contributed by atoms with Gasteiger partial charge in [0.25, 0.3) is 5.91 Å². The Hall–Kier alpha value is -2.30. The molecule has 1 aromatic heterocycles. The Labute approximate surface area is 167 Å². The van der Waals surface area contributed by atoms with Crippen molar-refractivity contribution in [1.29, 1.82) is 0 Å². The van der Waals surface area contributed by atoms with Gasteiger partial charge in [-0.05, 0) is 43.7 Å². The minimum atomic E-state index is -0.0374. The van der Waals surface area contributed by atoms with Crippen molar-refractivity contribution in [3.63, 3.8) is 0 Å². The number of hydrogen-bond donors (Lipinski definition) is 1. The van der Waals surface area contributed by atoms with E-state index in [0.717, 1.165) is 56.0 Å². The van der Waals surface area contributed by atoms with Crippen molar-refractivity contribution in [2.24, 2.45) is 11.8 Å². The molecule has 5 nitrogen and oxygen atoms in total. The Balaban J connectivity index is 1.47. The second kappa shape index (κ2) is 9.76. The molecule has 0 spiro atoms. The molecule has 1 aliphatic rings. The molecule has 2 heterocycles. The molecule has 0 aliphatic carbocycles. The van der Waals surface area contributed by atoms with Crippen LogP contribution in [-0.2, 0) is 4.79 Å². The van der Waals surface area contributed by atoms with Crippen molar-refractivity contribution in [1.82, 2.24) is 10.2 Å².